The van der Waals surface area contributed by atoms with Crippen LogP contribution in [-0.4, -0.2) is 38.8 Å². The number of aliphatic hydroxyl groups excluding tert-OH is 1. The molecule has 0 radical (unpaired) electrons. The molecule has 0 saturated carbocycles. The summed E-state index contributed by atoms with van der Waals surface area (Å²) in [6, 6.07) is 1.21. The molecule has 0 amide bonds. The van der Waals surface area contributed by atoms with E-state index in [0.29, 0.717) is 0 Å². The third-order valence-electron chi connectivity index (χ3n) is 2.39. The van der Waals surface area contributed by atoms with Gasteiger partial charge in [0.15, 0.2) is 11.3 Å². The number of Topliss-reactive ketones (excluding diaryl/α,β-unsaturated/α-hetero) is 1. The minimum atomic E-state index is -1.12. The van der Waals surface area contributed by atoms with Crippen molar-refractivity contribution in [3.05, 3.63) is 27.8 Å². The van der Waals surface area contributed by atoms with Crippen molar-refractivity contribution in [3.63, 3.8) is 0 Å². The van der Waals surface area contributed by atoms with E-state index in [1.54, 1.807) is 0 Å². The molecule has 9 nitrogen and oxygen atoms in total. The average molecular weight is 252 g/mol. The number of nitro groups is 1. The zero-order valence-corrected chi connectivity index (χ0v) is 8.94. The fourth-order valence-corrected chi connectivity index (χ4v) is 1.48. The van der Waals surface area contributed by atoms with E-state index in [1.165, 1.54) is 6.07 Å². The van der Waals surface area contributed by atoms with Crippen LogP contribution in [0.1, 0.15) is 10.4 Å². The Kier molecular flexibility index (Phi) is 3.00. The minimum Gasteiger partial charge on any atom is -0.394 e. The maximum Gasteiger partial charge on any atom is 0.300 e. The van der Waals surface area contributed by atoms with Crippen LogP contribution in [0, 0.1) is 10.1 Å². The van der Waals surface area contributed by atoms with Crippen LogP contribution in [0.4, 0.5) is 5.69 Å². The summed E-state index contributed by atoms with van der Waals surface area (Å²) < 4.78 is 4.40. The van der Waals surface area contributed by atoms with E-state index < -0.39 is 23.4 Å². The molecule has 3 N–H and O–H groups in total. The molecular weight excluding hydrogens is 244 g/mol. The van der Waals surface area contributed by atoms with Gasteiger partial charge in [-0.2, -0.15) is 0 Å². The molecular formula is C9H8N4O5. The SMILES string of the molecule is N[C@@H](CO)C(=O)c1ccc([N+](=O)[O-])c2nonc12. The first-order valence-corrected chi connectivity index (χ1v) is 4.86. The second kappa shape index (κ2) is 4.47. The van der Waals surface area contributed by atoms with Crippen molar-refractivity contribution in [3.8, 4) is 0 Å². The zero-order chi connectivity index (χ0) is 13.3. The van der Waals surface area contributed by atoms with Gasteiger partial charge in [0.25, 0.3) is 0 Å². The lowest BCUT2D eigenvalue weighted by molar-refractivity contribution is -0.383. The third-order valence-corrected chi connectivity index (χ3v) is 2.39. The van der Waals surface area contributed by atoms with Crippen LogP contribution in [0.5, 0.6) is 0 Å². The lowest BCUT2D eigenvalue weighted by Crippen LogP contribution is -2.34. The minimum absolute atomic E-state index is 0.0263. The van der Waals surface area contributed by atoms with Crippen LogP contribution in [-0.2, 0) is 0 Å². The molecule has 2 aromatic rings. The maximum atomic E-state index is 11.8. The van der Waals surface area contributed by atoms with Crippen LogP contribution in [0.2, 0.25) is 0 Å². The lowest BCUT2D eigenvalue weighted by Gasteiger charge is -2.06. The summed E-state index contributed by atoms with van der Waals surface area (Å²) in [6.07, 6.45) is 0. The van der Waals surface area contributed by atoms with Gasteiger partial charge in [0.05, 0.1) is 23.1 Å². The predicted octanol–water partition coefficient (Wildman–Crippen LogP) is -0.367. The highest BCUT2D eigenvalue weighted by atomic mass is 16.6. The highest BCUT2D eigenvalue weighted by Gasteiger charge is 2.25. The number of rotatable bonds is 4. The number of aromatic nitrogens is 2. The molecule has 1 atom stereocenters. The number of carbonyl (C=O) groups excluding carboxylic acids is 1. The van der Waals surface area contributed by atoms with Gasteiger partial charge in [-0.1, -0.05) is 0 Å². The van der Waals surface area contributed by atoms with Gasteiger partial charge in [-0.15, -0.1) is 0 Å². The Hall–Kier alpha value is -2.39. The van der Waals surface area contributed by atoms with E-state index in [9.17, 15) is 14.9 Å². The number of nitrogens with two attached hydrogens (primary N) is 1. The van der Waals surface area contributed by atoms with Crippen LogP contribution < -0.4 is 5.73 Å². The predicted molar refractivity (Wildman–Crippen MR) is 57.9 cm³/mol. The molecule has 9 heteroatoms. The average Bonchev–Trinajstić information content (AvgIpc) is 2.84. The summed E-state index contributed by atoms with van der Waals surface area (Å²) >= 11 is 0. The molecule has 94 valence electrons. The number of nitrogens with zero attached hydrogens (tertiary/aromatic N) is 3. The van der Waals surface area contributed by atoms with E-state index in [1.807, 2.05) is 0 Å². The molecule has 1 aromatic heterocycles. The first kappa shape index (κ1) is 12.1. The summed E-state index contributed by atoms with van der Waals surface area (Å²) in [7, 11) is 0. The van der Waals surface area contributed by atoms with E-state index in [2.05, 4.69) is 14.9 Å². The van der Waals surface area contributed by atoms with Crippen molar-refractivity contribution in [2.75, 3.05) is 6.61 Å². The van der Waals surface area contributed by atoms with Gasteiger partial charge in [0.1, 0.15) is 0 Å². The maximum absolute atomic E-state index is 11.8. The molecule has 0 aliphatic rings. The van der Waals surface area contributed by atoms with Gasteiger partial charge >= 0.3 is 5.69 Å². The molecule has 1 heterocycles. The first-order chi connectivity index (χ1) is 8.56. The summed E-state index contributed by atoms with van der Waals surface area (Å²) in [5.41, 5.74) is 4.93. The van der Waals surface area contributed by atoms with Gasteiger partial charge in [-0.3, -0.25) is 14.9 Å². The quantitative estimate of drug-likeness (QED) is 0.425. The smallest absolute Gasteiger partial charge is 0.300 e. The summed E-state index contributed by atoms with van der Waals surface area (Å²) in [5.74, 6) is -0.590. The van der Waals surface area contributed by atoms with Gasteiger partial charge in [-0.25, -0.2) is 4.63 Å². The number of carbonyl (C=O) groups is 1. The topological polar surface area (TPSA) is 145 Å². The standard InChI is InChI=1S/C9H8N4O5/c10-5(3-14)9(15)4-1-2-6(13(16)17)8-7(4)11-18-12-8/h1-2,5,14H,3,10H2/t5-/m0/s1. The van der Waals surface area contributed by atoms with Crippen molar-refractivity contribution in [1.29, 1.82) is 0 Å². The molecule has 2 rings (SSSR count). The third kappa shape index (κ3) is 1.81. The van der Waals surface area contributed by atoms with E-state index >= 15 is 0 Å². The fraction of sp³-hybridized carbons (Fsp3) is 0.222. The molecule has 0 spiro atoms. The molecule has 0 saturated heterocycles. The van der Waals surface area contributed by atoms with Crippen molar-refractivity contribution in [2.45, 2.75) is 6.04 Å². The second-order valence-corrected chi connectivity index (χ2v) is 3.50. The van der Waals surface area contributed by atoms with Crippen molar-refractivity contribution in [1.82, 2.24) is 10.3 Å². The van der Waals surface area contributed by atoms with Crippen LogP contribution in [0.15, 0.2) is 16.8 Å². The van der Waals surface area contributed by atoms with Crippen molar-refractivity contribution < 1.29 is 19.5 Å². The largest absolute Gasteiger partial charge is 0.394 e. The Labute approximate surface area is 99.3 Å². The number of aliphatic hydroxyl groups is 1. The Balaban J connectivity index is 2.61. The molecule has 0 fully saturated rings. The molecule has 0 unspecified atom stereocenters. The first-order valence-electron chi connectivity index (χ1n) is 4.86. The molecule has 0 aliphatic heterocycles. The monoisotopic (exact) mass is 252 g/mol. The van der Waals surface area contributed by atoms with Crippen molar-refractivity contribution >= 4 is 22.5 Å². The molecule has 0 bridgehead atoms. The molecule has 1 aromatic carbocycles. The Morgan fingerprint density at radius 1 is 1.50 bits per heavy atom. The van der Waals surface area contributed by atoms with Crippen molar-refractivity contribution in [2.24, 2.45) is 5.73 Å². The normalized spacial score (nSPS) is 12.6. The van der Waals surface area contributed by atoms with E-state index in [4.69, 9.17) is 10.8 Å². The van der Waals surface area contributed by atoms with Crippen LogP contribution in [0.3, 0.4) is 0 Å². The fourth-order valence-electron chi connectivity index (χ4n) is 1.48. The summed E-state index contributed by atoms with van der Waals surface area (Å²) in [4.78, 5) is 21.9. The number of nitro benzene ring substituents is 1. The summed E-state index contributed by atoms with van der Waals surface area (Å²) in [6.45, 7) is -0.539. The number of ketones is 1. The highest BCUT2D eigenvalue weighted by Crippen LogP contribution is 2.25. The number of fused-ring (bicyclic) bond motifs is 1. The van der Waals surface area contributed by atoms with Gasteiger partial charge < -0.3 is 10.8 Å². The number of hydrogen-bond donors (Lipinski definition) is 2. The highest BCUT2D eigenvalue weighted by molar-refractivity contribution is 6.09. The lowest BCUT2D eigenvalue weighted by atomic mass is 10.0. The van der Waals surface area contributed by atoms with E-state index in [-0.39, 0.29) is 22.3 Å². The number of hydrogen-bond acceptors (Lipinski definition) is 8. The Bertz CT molecular complexity index is 622. The van der Waals surface area contributed by atoms with E-state index in [0.717, 1.165) is 6.07 Å². The van der Waals surface area contributed by atoms with Gasteiger partial charge in [-0.05, 0) is 16.4 Å². The number of benzene rings is 1. The zero-order valence-electron chi connectivity index (χ0n) is 8.94. The van der Waals surface area contributed by atoms with Gasteiger partial charge in [0, 0.05) is 6.07 Å². The Morgan fingerprint density at radius 3 is 2.78 bits per heavy atom. The molecule has 18 heavy (non-hydrogen) atoms. The molecule has 0 aliphatic carbocycles. The number of non-ortho nitro benzene ring substituents is 1. The van der Waals surface area contributed by atoms with Crippen LogP contribution >= 0.6 is 0 Å². The van der Waals surface area contributed by atoms with Crippen LogP contribution in [0.25, 0.3) is 11.0 Å². The second-order valence-electron chi connectivity index (χ2n) is 3.50. The summed E-state index contributed by atoms with van der Waals surface area (Å²) in [5, 5.41) is 26.4. The van der Waals surface area contributed by atoms with Gasteiger partial charge in [0.2, 0.25) is 5.52 Å². The Morgan fingerprint density at radius 2 is 2.17 bits per heavy atom.